The zero-order valence-corrected chi connectivity index (χ0v) is 7.85. The highest BCUT2D eigenvalue weighted by Gasteiger charge is 2.20. The Morgan fingerprint density at radius 1 is 1.77 bits per heavy atom. The van der Waals surface area contributed by atoms with Crippen LogP contribution in [0.25, 0.3) is 0 Å². The van der Waals surface area contributed by atoms with Gasteiger partial charge in [-0.2, -0.15) is 0 Å². The molecular weight excluding hydrogens is 172 g/mol. The van der Waals surface area contributed by atoms with E-state index in [1.54, 1.807) is 28.7 Å². The number of nitrogens with zero attached hydrogens (tertiary/aromatic N) is 2. The molecule has 5 nitrogen and oxygen atoms in total. The van der Waals surface area contributed by atoms with Gasteiger partial charge in [0.05, 0.1) is 20.1 Å². The molecule has 0 bridgehead atoms. The Morgan fingerprint density at radius 2 is 2.38 bits per heavy atom. The molecule has 0 N–H and O–H groups in total. The Bertz CT molecular complexity index is 319. The molecular formula is C8H12N2O3. The first kappa shape index (κ1) is 9.73. The second-order valence-electron chi connectivity index (χ2n) is 2.88. The zero-order chi connectivity index (χ0) is 10.0. The standard InChI is InChI=1S/C8H12N2O3/c1-9-4-6(10(2)5-9)7(13-3)8(11)12/h4-5,7H,1-3H3. The van der Waals surface area contributed by atoms with Crippen molar-refractivity contribution in [2.45, 2.75) is 6.10 Å². The van der Waals surface area contributed by atoms with E-state index in [0.717, 1.165) is 0 Å². The van der Waals surface area contributed by atoms with Crippen molar-refractivity contribution in [1.29, 1.82) is 0 Å². The third-order valence-corrected chi connectivity index (χ3v) is 1.82. The minimum absolute atomic E-state index is 0.560. The minimum Gasteiger partial charge on any atom is -0.547 e. The molecule has 0 aliphatic carbocycles. The van der Waals surface area contributed by atoms with E-state index >= 15 is 0 Å². The van der Waals surface area contributed by atoms with Crippen molar-refractivity contribution in [2.24, 2.45) is 14.1 Å². The van der Waals surface area contributed by atoms with Crippen LogP contribution in [0.2, 0.25) is 0 Å². The van der Waals surface area contributed by atoms with E-state index in [-0.39, 0.29) is 0 Å². The summed E-state index contributed by atoms with van der Waals surface area (Å²) in [5, 5.41) is 10.6. The molecule has 1 aromatic heterocycles. The first-order valence-corrected chi connectivity index (χ1v) is 3.81. The number of hydrogen-bond acceptors (Lipinski definition) is 3. The molecule has 72 valence electrons. The third-order valence-electron chi connectivity index (χ3n) is 1.82. The smallest absolute Gasteiger partial charge is 0.243 e. The fraction of sp³-hybridized carbons (Fsp3) is 0.500. The van der Waals surface area contributed by atoms with Gasteiger partial charge in [-0.1, -0.05) is 0 Å². The van der Waals surface area contributed by atoms with Crippen LogP contribution in [0.4, 0.5) is 0 Å². The lowest BCUT2D eigenvalue weighted by molar-refractivity contribution is -0.671. The molecule has 0 saturated heterocycles. The van der Waals surface area contributed by atoms with Crippen LogP contribution in [0.1, 0.15) is 11.8 Å². The van der Waals surface area contributed by atoms with Gasteiger partial charge in [0.25, 0.3) is 0 Å². The quantitative estimate of drug-likeness (QED) is 0.525. The maximum Gasteiger partial charge on any atom is 0.243 e. The van der Waals surface area contributed by atoms with Crippen LogP contribution < -0.4 is 9.67 Å². The first-order chi connectivity index (χ1) is 6.06. The topological polar surface area (TPSA) is 58.2 Å². The summed E-state index contributed by atoms with van der Waals surface area (Å²) in [7, 11) is 4.91. The summed E-state index contributed by atoms with van der Waals surface area (Å²) in [6, 6.07) is 0. The summed E-state index contributed by atoms with van der Waals surface area (Å²) in [6.07, 6.45) is 2.43. The number of imidazole rings is 1. The van der Waals surface area contributed by atoms with E-state index in [0.29, 0.717) is 5.69 Å². The van der Waals surface area contributed by atoms with Crippen LogP contribution in [0.5, 0.6) is 0 Å². The number of aromatic nitrogens is 2. The van der Waals surface area contributed by atoms with Gasteiger partial charge in [-0.3, -0.25) is 0 Å². The van der Waals surface area contributed by atoms with Gasteiger partial charge in [-0.15, -0.1) is 0 Å². The van der Waals surface area contributed by atoms with Crippen LogP contribution in [-0.2, 0) is 23.6 Å². The molecule has 0 radical (unpaired) electrons. The van der Waals surface area contributed by atoms with Crippen molar-refractivity contribution in [3.63, 3.8) is 0 Å². The van der Waals surface area contributed by atoms with Gasteiger partial charge in [-0.05, 0) is 0 Å². The van der Waals surface area contributed by atoms with Gasteiger partial charge in [0.2, 0.25) is 6.33 Å². The highest BCUT2D eigenvalue weighted by molar-refractivity contribution is 5.71. The molecule has 0 aliphatic rings. The van der Waals surface area contributed by atoms with Crippen LogP contribution in [0.15, 0.2) is 12.5 Å². The lowest BCUT2D eigenvalue weighted by atomic mass is 10.3. The van der Waals surface area contributed by atoms with Crippen LogP contribution in [0, 0.1) is 0 Å². The number of carbonyl (C=O) groups is 1. The van der Waals surface area contributed by atoms with E-state index in [9.17, 15) is 9.90 Å². The maximum atomic E-state index is 10.6. The van der Waals surface area contributed by atoms with Gasteiger partial charge < -0.3 is 14.6 Å². The molecule has 0 amide bonds. The van der Waals surface area contributed by atoms with Gasteiger partial charge in [0.15, 0.2) is 11.8 Å². The number of rotatable bonds is 3. The highest BCUT2D eigenvalue weighted by Crippen LogP contribution is 2.12. The summed E-state index contributed by atoms with van der Waals surface area (Å²) in [6.45, 7) is 0. The van der Waals surface area contributed by atoms with Crippen molar-refractivity contribution in [1.82, 2.24) is 4.57 Å². The summed E-state index contributed by atoms with van der Waals surface area (Å²) < 4.78 is 8.23. The van der Waals surface area contributed by atoms with E-state index < -0.39 is 12.1 Å². The Kier molecular flexibility index (Phi) is 2.67. The Balaban J connectivity index is 3.04. The largest absolute Gasteiger partial charge is 0.547 e. The molecule has 1 atom stereocenters. The molecule has 0 fully saturated rings. The van der Waals surface area contributed by atoms with E-state index in [1.807, 2.05) is 7.05 Å². The maximum absolute atomic E-state index is 10.6. The predicted molar refractivity (Wildman–Crippen MR) is 41.3 cm³/mol. The van der Waals surface area contributed by atoms with Crippen LogP contribution >= 0.6 is 0 Å². The molecule has 0 aromatic carbocycles. The predicted octanol–water partition coefficient (Wildman–Crippen LogP) is -1.71. The van der Waals surface area contributed by atoms with E-state index in [4.69, 9.17) is 4.74 Å². The van der Waals surface area contributed by atoms with Gasteiger partial charge in [0.1, 0.15) is 6.20 Å². The van der Waals surface area contributed by atoms with E-state index in [1.165, 1.54) is 7.11 Å². The number of aryl methyl sites for hydroxylation is 2. The minimum atomic E-state index is -1.23. The molecule has 1 unspecified atom stereocenters. The Labute approximate surface area is 76.2 Å². The molecule has 1 heterocycles. The van der Waals surface area contributed by atoms with Crippen LogP contribution in [-0.4, -0.2) is 17.6 Å². The van der Waals surface area contributed by atoms with Gasteiger partial charge >= 0.3 is 0 Å². The van der Waals surface area contributed by atoms with Crippen molar-refractivity contribution in [3.05, 3.63) is 18.2 Å². The van der Waals surface area contributed by atoms with Crippen molar-refractivity contribution in [3.8, 4) is 0 Å². The number of carbonyl (C=O) groups excluding carboxylic acids is 1. The van der Waals surface area contributed by atoms with E-state index in [2.05, 4.69) is 0 Å². The Morgan fingerprint density at radius 3 is 2.69 bits per heavy atom. The lowest BCUT2D eigenvalue weighted by Crippen LogP contribution is -2.32. The van der Waals surface area contributed by atoms with Crippen molar-refractivity contribution >= 4 is 5.97 Å². The second-order valence-corrected chi connectivity index (χ2v) is 2.88. The summed E-state index contributed by atoms with van der Waals surface area (Å²) in [5.74, 6) is -1.23. The number of carboxylic acids is 1. The van der Waals surface area contributed by atoms with Gasteiger partial charge in [0, 0.05) is 7.11 Å². The number of hydrogen-bond donors (Lipinski definition) is 0. The summed E-state index contributed by atoms with van der Waals surface area (Å²) in [4.78, 5) is 10.6. The lowest BCUT2D eigenvalue weighted by Gasteiger charge is -2.12. The van der Waals surface area contributed by atoms with Gasteiger partial charge in [-0.25, -0.2) is 9.13 Å². The zero-order valence-electron chi connectivity index (χ0n) is 7.85. The van der Waals surface area contributed by atoms with Crippen molar-refractivity contribution < 1.29 is 19.2 Å². The highest BCUT2D eigenvalue weighted by atomic mass is 16.5. The fourth-order valence-corrected chi connectivity index (χ4v) is 1.26. The first-order valence-electron chi connectivity index (χ1n) is 3.81. The molecule has 1 rings (SSSR count). The van der Waals surface area contributed by atoms with Crippen LogP contribution in [0.3, 0.4) is 0 Å². The summed E-state index contributed by atoms with van der Waals surface area (Å²) in [5.41, 5.74) is 0.560. The third kappa shape index (κ3) is 1.86. The molecule has 13 heavy (non-hydrogen) atoms. The average Bonchev–Trinajstić information content (AvgIpc) is 2.31. The summed E-state index contributed by atoms with van der Waals surface area (Å²) >= 11 is 0. The molecule has 0 aliphatic heterocycles. The monoisotopic (exact) mass is 184 g/mol. The number of aliphatic carboxylic acids is 1. The molecule has 0 saturated carbocycles. The fourth-order valence-electron chi connectivity index (χ4n) is 1.26. The number of ether oxygens (including phenoxy) is 1. The number of methoxy groups -OCH3 is 1. The molecule has 1 aromatic rings. The normalized spacial score (nSPS) is 12.8. The molecule has 5 heteroatoms. The number of carboxylic acid groups (broad SMARTS) is 1. The average molecular weight is 184 g/mol. The molecule has 0 spiro atoms. The SMILES string of the molecule is COC(C(=O)[O-])c1c[n+](C)cn1C. The Hall–Kier alpha value is -1.36. The van der Waals surface area contributed by atoms with Crippen molar-refractivity contribution in [2.75, 3.05) is 7.11 Å². The second kappa shape index (κ2) is 3.57.